The molecule has 1 atom stereocenters. The van der Waals surface area contributed by atoms with E-state index in [1.807, 2.05) is 0 Å². The monoisotopic (exact) mass is 230 g/mol. The first-order valence-corrected chi connectivity index (χ1v) is 5.26. The topological polar surface area (TPSA) is 57.3 Å². The first-order chi connectivity index (χ1) is 7.47. The zero-order valence-corrected chi connectivity index (χ0v) is 9.95. The SMILES string of the molecule is C=C(C(=O)OCC)C(C)(C)OOCC1CO1. The Morgan fingerprint density at radius 3 is 2.69 bits per heavy atom. The van der Waals surface area contributed by atoms with Gasteiger partial charge in [0.25, 0.3) is 0 Å². The van der Waals surface area contributed by atoms with Gasteiger partial charge >= 0.3 is 5.97 Å². The lowest BCUT2D eigenvalue weighted by Gasteiger charge is -2.24. The van der Waals surface area contributed by atoms with Crippen molar-refractivity contribution in [3.8, 4) is 0 Å². The molecule has 1 aliphatic heterocycles. The van der Waals surface area contributed by atoms with Crippen LogP contribution in [-0.2, 0) is 24.0 Å². The van der Waals surface area contributed by atoms with Crippen LogP contribution in [0.2, 0.25) is 0 Å². The van der Waals surface area contributed by atoms with Crippen LogP contribution in [0.3, 0.4) is 0 Å². The third-order valence-corrected chi connectivity index (χ3v) is 2.17. The van der Waals surface area contributed by atoms with Crippen molar-refractivity contribution >= 4 is 5.97 Å². The van der Waals surface area contributed by atoms with Crippen LogP contribution in [0.1, 0.15) is 20.8 Å². The predicted octanol–water partition coefficient (Wildman–Crippen LogP) is 1.23. The lowest BCUT2D eigenvalue weighted by molar-refractivity contribution is -0.344. The average Bonchev–Trinajstić information content (AvgIpc) is 3.00. The lowest BCUT2D eigenvalue weighted by atomic mass is 10.0. The van der Waals surface area contributed by atoms with Crippen molar-refractivity contribution in [1.29, 1.82) is 0 Å². The highest BCUT2D eigenvalue weighted by molar-refractivity contribution is 5.89. The molecule has 1 fully saturated rings. The summed E-state index contributed by atoms with van der Waals surface area (Å²) in [6.07, 6.45) is 0.117. The van der Waals surface area contributed by atoms with Crippen LogP contribution < -0.4 is 0 Å². The van der Waals surface area contributed by atoms with Gasteiger partial charge in [-0.1, -0.05) is 6.58 Å². The molecule has 0 radical (unpaired) electrons. The third kappa shape index (κ3) is 3.92. The molecule has 92 valence electrons. The van der Waals surface area contributed by atoms with Gasteiger partial charge in [-0.15, -0.1) is 0 Å². The van der Waals surface area contributed by atoms with E-state index in [1.54, 1.807) is 20.8 Å². The van der Waals surface area contributed by atoms with Gasteiger partial charge in [-0.2, -0.15) is 0 Å². The zero-order chi connectivity index (χ0) is 12.2. The molecule has 0 spiro atoms. The Morgan fingerprint density at radius 2 is 2.19 bits per heavy atom. The maximum atomic E-state index is 11.4. The van der Waals surface area contributed by atoms with E-state index in [0.29, 0.717) is 19.8 Å². The van der Waals surface area contributed by atoms with E-state index >= 15 is 0 Å². The van der Waals surface area contributed by atoms with Crippen LogP contribution in [0.5, 0.6) is 0 Å². The fourth-order valence-electron chi connectivity index (χ4n) is 0.936. The molecule has 5 nitrogen and oxygen atoms in total. The molecule has 1 rings (SSSR count). The van der Waals surface area contributed by atoms with E-state index in [2.05, 4.69) is 6.58 Å². The summed E-state index contributed by atoms with van der Waals surface area (Å²) < 4.78 is 9.78. The van der Waals surface area contributed by atoms with Crippen LogP contribution in [0, 0.1) is 0 Å². The second-order valence-corrected chi connectivity index (χ2v) is 4.03. The van der Waals surface area contributed by atoms with Gasteiger partial charge in [-0.05, 0) is 20.8 Å². The molecule has 0 N–H and O–H groups in total. The number of rotatable bonds is 7. The van der Waals surface area contributed by atoms with Crippen molar-refractivity contribution < 1.29 is 24.0 Å². The number of epoxide rings is 1. The number of hydrogen-bond donors (Lipinski definition) is 0. The van der Waals surface area contributed by atoms with E-state index in [9.17, 15) is 4.79 Å². The van der Waals surface area contributed by atoms with E-state index in [4.69, 9.17) is 19.2 Å². The molecule has 16 heavy (non-hydrogen) atoms. The lowest BCUT2D eigenvalue weighted by Crippen LogP contribution is -2.32. The highest BCUT2D eigenvalue weighted by atomic mass is 17.2. The minimum absolute atomic E-state index is 0.117. The van der Waals surface area contributed by atoms with Gasteiger partial charge in [0.1, 0.15) is 18.3 Å². The molecule has 1 saturated heterocycles. The molecular weight excluding hydrogens is 212 g/mol. The second-order valence-electron chi connectivity index (χ2n) is 4.03. The normalized spacial score (nSPS) is 19.3. The smallest absolute Gasteiger partial charge is 0.336 e. The Bertz CT molecular complexity index is 268. The molecule has 0 saturated carbocycles. The Morgan fingerprint density at radius 1 is 1.56 bits per heavy atom. The molecule has 0 aromatic carbocycles. The summed E-state index contributed by atoms with van der Waals surface area (Å²) in [6.45, 7) is 10.1. The molecule has 1 heterocycles. The molecule has 0 amide bonds. The molecule has 0 aromatic rings. The molecule has 0 bridgehead atoms. The van der Waals surface area contributed by atoms with Crippen LogP contribution in [-0.4, -0.2) is 37.5 Å². The van der Waals surface area contributed by atoms with E-state index in [-0.39, 0.29) is 11.7 Å². The number of ether oxygens (including phenoxy) is 2. The molecule has 1 aliphatic rings. The fraction of sp³-hybridized carbons (Fsp3) is 0.727. The van der Waals surface area contributed by atoms with Crippen LogP contribution in [0.4, 0.5) is 0 Å². The van der Waals surface area contributed by atoms with Gasteiger partial charge < -0.3 is 9.47 Å². The fourth-order valence-corrected chi connectivity index (χ4v) is 0.936. The number of carbonyl (C=O) groups is 1. The number of esters is 1. The summed E-state index contributed by atoms with van der Waals surface area (Å²) in [7, 11) is 0. The number of carbonyl (C=O) groups excluding carboxylic acids is 1. The quantitative estimate of drug-likeness (QED) is 0.216. The molecule has 0 aliphatic carbocycles. The maximum Gasteiger partial charge on any atom is 0.336 e. The summed E-state index contributed by atoms with van der Waals surface area (Å²) in [4.78, 5) is 21.5. The summed E-state index contributed by atoms with van der Waals surface area (Å²) in [5.41, 5.74) is -0.674. The minimum Gasteiger partial charge on any atom is -0.463 e. The van der Waals surface area contributed by atoms with Crippen molar-refractivity contribution in [2.24, 2.45) is 0 Å². The van der Waals surface area contributed by atoms with Crippen molar-refractivity contribution in [3.05, 3.63) is 12.2 Å². The highest BCUT2D eigenvalue weighted by Crippen LogP contribution is 2.21. The summed E-state index contributed by atoms with van der Waals surface area (Å²) in [5, 5.41) is 0. The maximum absolute atomic E-state index is 11.4. The largest absolute Gasteiger partial charge is 0.463 e. The van der Waals surface area contributed by atoms with Crippen molar-refractivity contribution in [2.75, 3.05) is 19.8 Å². The average molecular weight is 230 g/mol. The van der Waals surface area contributed by atoms with Crippen molar-refractivity contribution in [2.45, 2.75) is 32.5 Å². The Balaban J connectivity index is 2.34. The molecule has 1 unspecified atom stereocenters. The minimum atomic E-state index is -0.902. The second kappa shape index (κ2) is 5.43. The standard InChI is InChI=1S/C11H18O5/c1-5-13-10(12)8(2)11(3,4)16-15-7-9-6-14-9/h9H,2,5-7H2,1,3-4H3. The first-order valence-electron chi connectivity index (χ1n) is 5.26. The first kappa shape index (κ1) is 13.2. The van der Waals surface area contributed by atoms with Gasteiger partial charge in [0.2, 0.25) is 0 Å². The summed E-state index contributed by atoms with van der Waals surface area (Å²) >= 11 is 0. The van der Waals surface area contributed by atoms with Gasteiger partial charge in [0, 0.05) is 0 Å². The Hall–Kier alpha value is -0.910. The third-order valence-electron chi connectivity index (χ3n) is 2.17. The predicted molar refractivity (Wildman–Crippen MR) is 56.6 cm³/mol. The van der Waals surface area contributed by atoms with Crippen LogP contribution >= 0.6 is 0 Å². The van der Waals surface area contributed by atoms with Crippen LogP contribution in [0.25, 0.3) is 0 Å². The number of hydrogen-bond acceptors (Lipinski definition) is 5. The Kier molecular flexibility index (Phi) is 4.46. The molecule has 0 aromatic heterocycles. The van der Waals surface area contributed by atoms with E-state index < -0.39 is 11.6 Å². The summed E-state index contributed by atoms with van der Waals surface area (Å²) in [6, 6.07) is 0. The molecular formula is C11H18O5. The van der Waals surface area contributed by atoms with Crippen molar-refractivity contribution in [3.63, 3.8) is 0 Å². The van der Waals surface area contributed by atoms with Crippen LogP contribution in [0.15, 0.2) is 12.2 Å². The zero-order valence-electron chi connectivity index (χ0n) is 9.95. The van der Waals surface area contributed by atoms with Gasteiger partial charge in [0.05, 0.1) is 18.8 Å². The summed E-state index contributed by atoms with van der Waals surface area (Å²) in [5.74, 6) is -0.473. The highest BCUT2D eigenvalue weighted by Gasteiger charge is 2.31. The van der Waals surface area contributed by atoms with E-state index in [0.717, 1.165) is 0 Å². The van der Waals surface area contributed by atoms with Gasteiger partial charge in [-0.25, -0.2) is 14.6 Å². The van der Waals surface area contributed by atoms with E-state index in [1.165, 1.54) is 0 Å². The van der Waals surface area contributed by atoms with Gasteiger partial charge in [0.15, 0.2) is 0 Å². The van der Waals surface area contributed by atoms with Gasteiger partial charge in [-0.3, -0.25) is 0 Å². The Labute approximate surface area is 95.2 Å². The van der Waals surface area contributed by atoms with Crippen molar-refractivity contribution in [1.82, 2.24) is 0 Å². The molecule has 5 heteroatoms.